The number of hydrogen-bond acceptors (Lipinski definition) is 3. The SMILES string of the molecule is C#CC(CC)Nc1nccc(C)n1. The normalized spacial score (nSPS) is 11.8. The Hall–Kier alpha value is -1.56. The van der Waals surface area contributed by atoms with E-state index in [9.17, 15) is 0 Å². The Balaban J connectivity index is 2.69. The number of nitrogens with zero attached hydrogens (tertiary/aromatic N) is 2. The molecule has 1 heterocycles. The molecule has 0 saturated carbocycles. The molecule has 0 aliphatic heterocycles. The summed E-state index contributed by atoms with van der Waals surface area (Å²) in [6, 6.07) is 1.86. The van der Waals surface area contributed by atoms with Gasteiger partial charge in [0.1, 0.15) is 0 Å². The summed E-state index contributed by atoms with van der Waals surface area (Å²) in [6.45, 7) is 3.94. The van der Waals surface area contributed by atoms with Crippen molar-refractivity contribution < 1.29 is 0 Å². The van der Waals surface area contributed by atoms with E-state index in [1.165, 1.54) is 0 Å². The van der Waals surface area contributed by atoms with E-state index >= 15 is 0 Å². The van der Waals surface area contributed by atoms with Crippen LogP contribution in [0.2, 0.25) is 0 Å². The fourth-order valence-corrected chi connectivity index (χ4v) is 0.936. The van der Waals surface area contributed by atoms with Gasteiger partial charge in [0, 0.05) is 11.9 Å². The molecule has 0 spiro atoms. The first kappa shape index (κ1) is 9.53. The van der Waals surface area contributed by atoms with Crippen LogP contribution in [0.3, 0.4) is 0 Å². The third kappa shape index (κ3) is 2.75. The van der Waals surface area contributed by atoms with Crippen LogP contribution in [-0.2, 0) is 0 Å². The average Bonchev–Trinajstić information content (AvgIpc) is 2.14. The van der Waals surface area contributed by atoms with Gasteiger partial charge in [-0.15, -0.1) is 6.42 Å². The maximum atomic E-state index is 5.30. The molecule has 0 radical (unpaired) electrons. The van der Waals surface area contributed by atoms with Gasteiger partial charge in [0.15, 0.2) is 0 Å². The molecule has 13 heavy (non-hydrogen) atoms. The molecular weight excluding hydrogens is 162 g/mol. The third-order valence-corrected chi connectivity index (χ3v) is 1.71. The Morgan fingerprint density at radius 1 is 1.69 bits per heavy atom. The average molecular weight is 175 g/mol. The van der Waals surface area contributed by atoms with Crippen molar-refractivity contribution in [3.63, 3.8) is 0 Å². The fourth-order valence-electron chi connectivity index (χ4n) is 0.936. The van der Waals surface area contributed by atoms with Crippen LogP contribution in [-0.4, -0.2) is 16.0 Å². The molecule has 3 heteroatoms. The van der Waals surface area contributed by atoms with E-state index in [4.69, 9.17) is 6.42 Å². The molecule has 0 fully saturated rings. The van der Waals surface area contributed by atoms with Crippen molar-refractivity contribution in [2.24, 2.45) is 0 Å². The van der Waals surface area contributed by atoms with Gasteiger partial charge in [-0.2, -0.15) is 0 Å². The number of aryl methyl sites for hydroxylation is 1. The zero-order valence-electron chi connectivity index (χ0n) is 7.91. The number of anilines is 1. The van der Waals surface area contributed by atoms with E-state index in [1.807, 2.05) is 19.9 Å². The minimum Gasteiger partial charge on any atom is -0.341 e. The topological polar surface area (TPSA) is 37.8 Å². The molecule has 0 aliphatic rings. The quantitative estimate of drug-likeness (QED) is 0.709. The highest BCUT2D eigenvalue weighted by molar-refractivity contribution is 5.29. The lowest BCUT2D eigenvalue weighted by Crippen LogP contribution is -2.17. The van der Waals surface area contributed by atoms with Crippen LogP contribution in [0.1, 0.15) is 19.0 Å². The summed E-state index contributed by atoms with van der Waals surface area (Å²) in [5.41, 5.74) is 0.935. The predicted molar refractivity (Wildman–Crippen MR) is 53.3 cm³/mol. The van der Waals surface area contributed by atoms with Crippen molar-refractivity contribution >= 4 is 5.95 Å². The Kier molecular flexibility index (Phi) is 3.27. The summed E-state index contributed by atoms with van der Waals surface area (Å²) in [5.74, 6) is 3.23. The Labute approximate surface area is 78.6 Å². The summed E-state index contributed by atoms with van der Waals surface area (Å²) in [6.07, 6.45) is 7.89. The smallest absolute Gasteiger partial charge is 0.223 e. The van der Waals surface area contributed by atoms with Crippen molar-refractivity contribution in [2.45, 2.75) is 26.3 Å². The highest BCUT2D eigenvalue weighted by atomic mass is 15.1. The van der Waals surface area contributed by atoms with E-state index in [0.717, 1.165) is 12.1 Å². The molecule has 1 aromatic rings. The van der Waals surface area contributed by atoms with Gasteiger partial charge in [-0.05, 0) is 19.4 Å². The molecule has 3 nitrogen and oxygen atoms in total. The highest BCUT2D eigenvalue weighted by Crippen LogP contribution is 2.02. The van der Waals surface area contributed by atoms with Crippen molar-refractivity contribution in [3.8, 4) is 12.3 Å². The first-order valence-electron chi connectivity index (χ1n) is 4.28. The lowest BCUT2D eigenvalue weighted by molar-refractivity contribution is 0.838. The number of terminal acetylenes is 1. The molecule has 0 saturated heterocycles. The van der Waals surface area contributed by atoms with Crippen LogP contribution in [0.5, 0.6) is 0 Å². The second kappa shape index (κ2) is 4.46. The monoisotopic (exact) mass is 175 g/mol. The molecule has 0 aromatic carbocycles. The molecule has 1 aromatic heterocycles. The molecule has 1 atom stereocenters. The maximum Gasteiger partial charge on any atom is 0.223 e. The predicted octanol–water partition coefficient (Wildman–Crippen LogP) is 1.61. The molecule has 0 bridgehead atoms. The summed E-state index contributed by atoms with van der Waals surface area (Å²) >= 11 is 0. The Bertz CT molecular complexity index is 314. The van der Waals surface area contributed by atoms with Crippen molar-refractivity contribution in [1.82, 2.24) is 9.97 Å². The number of nitrogens with one attached hydrogen (secondary N) is 1. The van der Waals surface area contributed by atoms with Crippen LogP contribution < -0.4 is 5.32 Å². The van der Waals surface area contributed by atoms with E-state index in [1.54, 1.807) is 6.20 Å². The van der Waals surface area contributed by atoms with Gasteiger partial charge in [-0.25, -0.2) is 9.97 Å². The summed E-state index contributed by atoms with van der Waals surface area (Å²) in [4.78, 5) is 8.25. The van der Waals surface area contributed by atoms with Crippen LogP contribution in [0.15, 0.2) is 12.3 Å². The van der Waals surface area contributed by atoms with Gasteiger partial charge in [-0.3, -0.25) is 0 Å². The second-order valence-electron chi connectivity index (χ2n) is 2.79. The molecular formula is C10H13N3. The first-order valence-corrected chi connectivity index (χ1v) is 4.28. The van der Waals surface area contributed by atoms with Crippen LogP contribution in [0, 0.1) is 19.3 Å². The van der Waals surface area contributed by atoms with Crippen LogP contribution in [0.4, 0.5) is 5.95 Å². The summed E-state index contributed by atoms with van der Waals surface area (Å²) in [5, 5.41) is 3.06. The van der Waals surface area contributed by atoms with Crippen molar-refractivity contribution in [2.75, 3.05) is 5.32 Å². The molecule has 68 valence electrons. The van der Waals surface area contributed by atoms with Crippen molar-refractivity contribution in [3.05, 3.63) is 18.0 Å². The standard InChI is InChI=1S/C10H13N3/c1-4-9(5-2)13-10-11-7-6-8(3)12-10/h1,6-7,9H,5H2,2-3H3,(H,11,12,13). The molecule has 1 unspecified atom stereocenters. The lowest BCUT2D eigenvalue weighted by Gasteiger charge is -2.09. The van der Waals surface area contributed by atoms with Gasteiger partial charge in [0.25, 0.3) is 0 Å². The summed E-state index contributed by atoms with van der Waals surface area (Å²) < 4.78 is 0. The minimum atomic E-state index is 0.0156. The minimum absolute atomic E-state index is 0.0156. The molecule has 0 aliphatic carbocycles. The van der Waals surface area contributed by atoms with Crippen molar-refractivity contribution in [1.29, 1.82) is 0 Å². The lowest BCUT2D eigenvalue weighted by atomic mass is 10.2. The van der Waals surface area contributed by atoms with E-state index in [-0.39, 0.29) is 6.04 Å². The van der Waals surface area contributed by atoms with E-state index in [2.05, 4.69) is 21.2 Å². The number of rotatable bonds is 3. The van der Waals surface area contributed by atoms with Gasteiger partial charge in [0.05, 0.1) is 6.04 Å². The van der Waals surface area contributed by atoms with E-state index in [0.29, 0.717) is 5.95 Å². The zero-order chi connectivity index (χ0) is 9.68. The van der Waals surface area contributed by atoms with Crippen LogP contribution in [0.25, 0.3) is 0 Å². The summed E-state index contributed by atoms with van der Waals surface area (Å²) in [7, 11) is 0. The van der Waals surface area contributed by atoms with Gasteiger partial charge in [0.2, 0.25) is 5.95 Å². The maximum absolute atomic E-state index is 5.30. The number of aromatic nitrogens is 2. The van der Waals surface area contributed by atoms with Crippen LogP contribution >= 0.6 is 0 Å². The Morgan fingerprint density at radius 3 is 3.00 bits per heavy atom. The second-order valence-corrected chi connectivity index (χ2v) is 2.79. The largest absolute Gasteiger partial charge is 0.341 e. The fraction of sp³-hybridized carbons (Fsp3) is 0.400. The zero-order valence-corrected chi connectivity index (χ0v) is 7.91. The first-order chi connectivity index (χ1) is 6.26. The number of hydrogen-bond donors (Lipinski definition) is 1. The Morgan fingerprint density at radius 2 is 2.46 bits per heavy atom. The van der Waals surface area contributed by atoms with Gasteiger partial charge < -0.3 is 5.32 Å². The molecule has 0 amide bonds. The van der Waals surface area contributed by atoms with Gasteiger partial charge >= 0.3 is 0 Å². The molecule has 1 rings (SSSR count). The van der Waals surface area contributed by atoms with E-state index < -0.39 is 0 Å². The third-order valence-electron chi connectivity index (χ3n) is 1.71. The van der Waals surface area contributed by atoms with Gasteiger partial charge in [-0.1, -0.05) is 12.8 Å². The molecule has 1 N–H and O–H groups in total. The highest BCUT2D eigenvalue weighted by Gasteiger charge is 2.02.